The van der Waals surface area contributed by atoms with Crippen LogP contribution >= 0.6 is 0 Å². The standard InChI is InChI=1S/C16H22N4/c1-4-20(15-7-5-6-12(2)8-15)16-18-10-14(11-19-16)9-13(3)17/h5-8,10-11,13H,4,9,17H2,1-3H3. The van der Waals surface area contributed by atoms with Crippen molar-refractivity contribution in [3.8, 4) is 0 Å². The van der Waals surface area contributed by atoms with Gasteiger partial charge in [-0.1, -0.05) is 12.1 Å². The molecular weight excluding hydrogens is 248 g/mol. The molecule has 0 fully saturated rings. The Morgan fingerprint density at radius 2 is 1.95 bits per heavy atom. The van der Waals surface area contributed by atoms with E-state index in [0.29, 0.717) is 0 Å². The number of nitrogens with two attached hydrogens (primary N) is 1. The summed E-state index contributed by atoms with van der Waals surface area (Å²) < 4.78 is 0. The Labute approximate surface area is 120 Å². The average Bonchev–Trinajstić information content (AvgIpc) is 2.41. The van der Waals surface area contributed by atoms with Crippen LogP contribution in [0.1, 0.15) is 25.0 Å². The van der Waals surface area contributed by atoms with Crippen molar-refractivity contribution in [2.45, 2.75) is 33.2 Å². The second kappa shape index (κ2) is 6.48. The van der Waals surface area contributed by atoms with Crippen molar-refractivity contribution in [3.05, 3.63) is 47.8 Å². The molecule has 4 heteroatoms. The van der Waals surface area contributed by atoms with Crippen molar-refractivity contribution in [2.75, 3.05) is 11.4 Å². The average molecular weight is 270 g/mol. The molecule has 0 aliphatic carbocycles. The lowest BCUT2D eigenvalue weighted by Gasteiger charge is -2.21. The van der Waals surface area contributed by atoms with Crippen LogP contribution < -0.4 is 10.6 Å². The third-order valence-electron chi connectivity index (χ3n) is 3.12. The van der Waals surface area contributed by atoms with Gasteiger partial charge in [0, 0.05) is 30.7 Å². The lowest BCUT2D eigenvalue weighted by molar-refractivity contribution is 0.731. The molecule has 4 nitrogen and oxygen atoms in total. The van der Waals surface area contributed by atoms with E-state index in [2.05, 4.69) is 53.0 Å². The van der Waals surface area contributed by atoms with Gasteiger partial charge >= 0.3 is 0 Å². The zero-order valence-corrected chi connectivity index (χ0v) is 12.4. The number of nitrogens with zero attached hydrogens (tertiary/aromatic N) is 3. The van der Waals surface area contributed by atoms with Gasteiger partial charge in [0.2, 0.25) is 5.95 Å². The fourth-order valence-corrected chi connectivity index (χ4v) is 2.20. The zero-order valence-electron chi connectivity index (χ0n) is 12.4. The van der Waals surface area contributed by atoms with Crippen molar-refractivity contribution in [1.29, 1.82) is 0 Å². The molecule has 0 amide bonds. The van der Waals surface area contributed by atoms with Gasteiger partial charge in [-0.25, -0.2) is 9.97 Å². The van der Waals surface area contributed by atoms with Crippen LogP contribution in [0.15, 0.2) is 36.7 Å². The summed E-state index contributed by atoms with van der Waals surface area (Å²) in [6, 6.07) is 8.49. The number of anilines is 2. The van der Waals surface area contributed by atoms with Crippen molar-refractivity contribution >= 4 is 11.6 Å². The summed E-state index contributed by atoms with van der Waals surface area (Å²) in [5.74, 6) is 0.728. The van der Waals surface area contributed by atoms with Gasteiger partial charge in [-0.2, -0.15) is 0 Å². The summed E-state index contributed by atoms with van der Waals surface area (Å²) in [6.45, 7) is 7.00. The van der Waals surface area contributed by atoms with E-state index < -0.39 is 0 Å². The summed E-state index contributed by atoms with van der Waals surface area (Å²) >= 11 is 0. The first-order valence-electron chi connectivity index (χ1n) is 7.01. The Hall–Kier alpha value is -1.94. The second-order valence-electron chi connectivity index (χ2n) is 5.16. The SMILES string of the molecule is CCN(c1cccc(C)c1)c1ncc(CC(C)N)cn1. The predicted octanol–water partition coefficient (Wildman–Crippen LogP) is 2.83. The van der Waals surface area contributed by atoms with Gasteiger partial charge in [0.05, 0.1) is 0 Å². The topological polar surface area (TPSA) is 55.0 Å². The molecule has 0 aliphatic rings. The van der Waals surface area contributed by atoms with E-state index in [9.17, 15) is 0 Å². The fourth-order valence-electron chi connectivity index (χ4n) is 2.20. The molecule has 2 rings (SSSR count). The van der Waals surface area contributed by atoms with Gasteiger partial charge in [-0.3, -0.25) is 0 Å². The Balaban J connectivity index is 2.23. The quantitative estimate of drug-likeness (QED) is 0.907. The number of hydrogen-bond donors (Lipinski definition) is 1. The number of hydrogen-bond acceptors (Lipinski definition) is 4. The van der Waals surface area contributed by atoms with Crippen LogP contribution in [0.5, 0.6) is 0 Å². The smallest absolute Gasteiger partial charge is 0.229 e. The maximum absolute atomic E-state index is 5.79. The van der Waals surface area contributed by atoms with Gasteiger partial charge in [-0.15, -0.1) is 0 Å². The minimum absolute atomic E-state index is 0.128. The Morgan fingerprint density at radius 1 is 1.25 bits per heavy atom. The van der Waals surface area contributed by atoms with Crippen LogP contribution in [0.25, 0.3) is 0 Å². The molecular formula is C16H22N4. The Bertz CT molecular complexity index is 549. The third kappa shape index (κ3) is 3.54. The van der Waals surface area contributed by atoms with Crippen LogP contribution in [0.3, 0.4) is 0 Å². The highest BCUT2D eigenvalue weighted by molar-refractivity contribution is 5.57. The molecule has 0 saturated heterocycles. The monoisotopic (exact) mass is 270 g/mol. The zero-order chi connectivity index (χ0) is 14.5. The van der Waals surface area contributed by atoms with Gasteiger partial charge in [0.25, 0.3) is 0 Å². The lowest BCUT2D eigenvalue weighted by atomic mass is 10.1. The van der Waals surface area contributed by atoms with Crippen molar-refractivity contribution in [3.63, 3.8) is 0 Å². The van der Waals surface area contributed by atoms with Crippen molar-refractivity contribution in [1.82, 2.24) is 9.97 Å². The largest absolute Gasteiger partial charge is 0.328 e. The van der Waals surface area contributed by atoms with E-state index in [1.54, 1.807) is 0 Å². The molecule has 1 atom stereocenters. The molecule has 0 aliphatic heterocycles. The fraction of sp³-hybridized carbons (Fsp3) is 0.375. The molecule has 2 N–H and O–H groups in total. The summed E-state index contributed by atoms with van der Waals surface area (Å²) in [7, 11) is 0. The first kappa shape index (κ1) is 14.5. The lowest BCUT2D eigenvalue weighted by Crippen LogP contribution is -2.20. The third-order valence-corrected chi connectivity index (χ3v) is 3.12. The molecule has 1 aromatic carbocycles. The molecule has 0 radical (unpaired) electrons. The summed E-state index contributed by atoms with van der Waals surface area (Å²) in [6.07, 6.45) is 4.53. The summed E-state index contributed by atoms with van der Waals surface area (Å²) in [4.78, 5) is 11.0. The summed E-state index contributed by atoms with van der Waals surface area (Å²) in [5.41, 5.74) is 9.21. The molecule has 1 aromatic heterocycles. The second-order valence-corrected chi connectivity index (χ2v) is 5.16. The molecule has 106 valence electrons. The van der Waals surface area contributed by atoms with E-state index in [-0.39, 0.29) is 6.04 Å². The molecule has 1 heterocycles. The van der Waals surface area contributed by atoms with Crippen LogP contribution in [0.4, 0.5) is 11.6 Å². The molecule has 0 saturated carbocycles. The first-order chi connectivity index (χ1) is 9.60. The summed E-state index contributed by atoms with van der Waals surface area (Å²) in [5, 5.41) is 0. The molecule has 0 bridgehead atoms. The molecule has 0 spiro atoms. The highest BCUT2D eigenvalue weighted by Gasteiger charge is 2.10. The van der Waals surface area contributed by atoms with Gasteiger partial charge in [0.1, 0.15) is 0 Å². The van der Waals surface area contributed by atoms with Crippen LogP contribution in [-0.4, -0.2) is 22.6 Å². The molecule has 1 unspecified atom stereocenters. The molecule has 20 heavy (non-hydrogen) atoms. The van der Waals surface area contributed by atoms with E-state index in [1.165, 1.54) is 5.56 Å². The van der Waals surface area contributed by atoms with Gasteiger partial charge < -0.3 is 10.6 Å². The van der Waals surface area contributed by atoms with Crippen LogP contribution in [0.2, 0.25) is 0 Å². The first-order valence-corrected chi connectivity index (χ1v) is 7.01. The van der Waals surface area contributed by atoms with Crippen LogP contribution in [-0.2, 0) is 6.42 Å². The molecule has 2 aromatic rings. The van der Waals surface area contributed by atoms with Crippen molar-refractivity contribution in [2.24, 2.45) is 5.73 Å². The number of benzene rings is 1. The number of rotatable bonds is 5. The van der Waals surface area contributed by atoms with Gasteiger partial charge in [-0.05, 0) is 50.5 Å². The van der Waals surface area contributed by atoms with Crippen LogP contribution in [0, 0.1) is 6.92 Å². The minimum Gasteiger partial charge on any atom is -0.328 e. The van der Waals surface area contributed by atoms with Crippen molar-refractivity contribution < 1.29 is 0 Å². The highest BCUT2D eigenvalue weighted by Crippen LogP contribution is 2.22. The highest BCUT2D eigenvalue weighted by atomic mass is 15.2. The number of aryl methyl sites for hydroxylation is 1. The normalized spacial score (nSPS) is 12.2. The number of aromatic nitrogens is 2. The Morgan fingerprint density at radius 3 is 2.50 bits per heavy atom. The maximum atomic E-state index is 5.79. The minimum atomic E-state index is 0.128. The predicted molar refractivity (Wildman–Crippen MR) is 83.2 cm³/mol. The van der Waals surface area contributed by atoms with E-state index in [1.807, 2.05) is 19.3 Å². The van der Waals surface area contributed by atoms with E-state index in [4.69, 9.17) is 5.73 Å². The maximum Gasteiger partial charge on any atom is 0.229 e. The van der Waals surface area contributed by atoms with E-state index in [0.717, 1.165) is 30.2 Å². The Kier molecular flexibility index (Phi) is 4.69. The van der Waals surface area contributed by atoms with E-state index >= 15 is 0 Å². The van der Waals surface area contributed by atoms with Gasteiger partial charge in [0.15, 0.2) is 0 Å².